The molecule has 1 aliphatic rings. The minimum atomic E-state index is -0.307. The van der Waals surface area contributed by atoms with Crippen LogP contribution >= 0.6 is 0 Å². The minimum absolute atomic E-state index is 0.126. The number of benzene rings is 2. The second-order valence-corrected chi connectivity index (χ2v) is 6.74. The quantitative estimate of drug-likeness (QED) is 0.508. The van der Waals surface area contributed by atoms with Gasteiger partial charge in [0, 0.05) is 16.5 Å². The first-order valence-corrected chi connectivity index (χ1v) is 9.06. The monoisotopic (exact) mass is 368 g/mol. The van der Waals surface area contributed by atoms with Crippen molar-refractivity contribution in [2.24, 2.45) is 0 Å². The summed E-state index contributed by atoms with van der Waals surface area (Å²) in [6.45, 7) is 0.126. The Morgan fingerprint density at radius 3 is 2.50 bits per heavy atom. The molecule has 2 amide bonds. The zero-order valence-corrected chi connectivity index (χ0v) is 15.0. The molecule has 0 saturated carbocycles. The van der Waals surface area contributed by atoms with Gasteiger partial charge in [0.05, 0.1) is 36.0 Å². The molecule has 0 aliphatic carbocycles. The Balaban J connectivity index is 1.73. The summed E-state index contributed by atoms with van der Waals surface area (Å²) in [7, 11) is 0. The first-order valence-electron chi connectivity index (χ1n) is 9.06. The van der Waals surface area contributed by atoms with Gasteiger partial charge in [0.15, 0.2) is 0 Å². The van der Waals surface area contributed by atoms with E-state index in [-0.39, 0.29) is 24.8 Å². The predicted octanol–water partition coefficient (Wildman–Crippen LogP) is 4.22. The number of carbonyl (C=O) groups is 2. The van der Waals surface area contributed by atoms with E-state index >= 15 is 0 Å². The Morgan fingerprint density at radius 2 is 1.71 bits per heavy atom. The summed E-state index contributed by atoms with van der Waals surface area (Å²) >= 11 is 0. The molecule has 0 unspecified atom stereocenters. The molecule has 4 aromatic rings. The molecule has 0 radical (unpaired) electrons. The lowest BCUT2D eigenvalue weighted by atomic mass is 9.90. The van der Waals surface area contributed by atoms with Crippen molar-refractivity contribution in [2.75, 3.05) is 0 Å². The fraction of sp³-hybridized carbons (Fsp3) is 0.0870. The summed E-state index contributed by atoms with van der Waals surface area (Å²) in [6, 6.07) is 20.7. The Kier molecular flexibility index (Phi) is 3.79. The Labute approximate surface area is 161 Å². The van der Waals surface area contributed by atoms with Crippen LogP contribution in [-0.4, -0.2) is 21.7 Å². The van der Waals surface area contributed by atoms with E-state index in [0.717, 1.165) is 16.5 Å². The van der Waals surface area contributed by atoms with Gasteiger partial charge in [-0.1, -0.05) is 48.5 Å². The van der Waals surface area contributed by atoms with E-state index < -0.39 is 0 Å². The van der Waals surface area contributed by atoms with Gasteiger partial charge in [-0.15, -0.1) is 0 Å². The largest absolute Gasteiger partial charge is 0.467 e. The predicted molar refractivity (Wildman–Crippen MR) is 104 cm³/mol. The van der Waals surface area contributed by atoms with Crippen molar-refractivity contribution in [1.82, 2.24) is 9.88 Å². The van der Waals surface area contributed by atoms with Crippen LogP contribution in [0.5, 0.6) is 0 Å². The van der Waals surface area contributed by atoms with E-state index in [0.29, 0.717) is 22.6 Å². The number of pyridine rings is 1. The maximum absolute atomic E-state index is 13.4. The maximum Gasteiger partial charge on any atom is 0.261 e. The van der Waals surface area contributed by atoms with Gasteiger partial charge in [0.1, 0.15) is 5.76 Å². The van der Waals surface area contributed by atoms with Crippen molar-refractivity contribution in [3.63, 3.8) is 0 Å². The van der Waals surface area contributed by atoms with E-state index in [4.69, 9.17) is 9.40 Å². The van der Waals surface area contributed by atoms with E-state index in [9.17, 15) is 9.59 Å². The van der Waals surface area contributed by atoms with Gasteiger partial charge in [-0.25, -0.2) is 4.98 Å². The van der Waals surface area contributed by atoms with Gasteiger partial charge >= 0.3 is 0 Å². The Hall–Kier alpha value is -3.73. The van der Waals surface area contributed by atoms with Gasteiger partial charge in [0.25, 0.3) is 5.91 Å². The van der Waals surface area contributed by atoms with Gasteiger partial charge in [-0.05, 0) is 18.2 Å². The molecule has 2 aromatic heterocycles. The average Bonchev–Trinajstić information content (AvgIpc) is 3.24. The summed E-state index contributed by atoms with van der Waals surface area (Å²) in [5, 5.41) is 0.763. The van der Waals surface area contributed by atoms with Crippen molar-refractivity contribution in [3.8, 4) is 11.3 Å². The van der Waals surface area contributed by atoms with Crippen LogP contribution in [0.3, 0.4) is 0 Å². The summed E-state index contributed by atoms with van der Waals surface area (Å²) in [5.41, 5.74) is 3.56. The summed E-state index contributed by atoms with van der Waals surface area (Å²) in [4.78, 5) is 32.3. The van der Waals surface area contributed by atoms with Crippen LogP contribution in [0.15, 0.2) is 77.4 Å². The molecule has 5 heteroatoms. The maximum atomic E-state index is 13.4. The lowest BCUT2D eigenvalue weighted by Gasteiger charge is -2.28. The van der Waals surface area contributed by atoms with Crippen LogP contribution in [-0.2, 0) is 17.8 Å². The topological polar surface area (TPSA) is 63.4 Å². The second-order valence-electron chi connectivity index (χ2n) is 6.74. The van der Waals surface area contributed by atoms with Crippen molar-refractivity contribution in [3.05, 3.63) is 89.9 Å². The molecule has 136 valence electrons. The fourth-order valence-corrected chi connectivity index (χ4v) is 3.72. The molecule has 5 rings (SSSR count). The first-order chi connectivity index (χ1) is 13.7. The van der Waals surface area contributed by atoms with E-state index in [1.807, 2.05) is 54.6 Å². The molecule has 0 spiro atoms. The highest BCUT2D eigenvalue weighted by Gasteiger charge is 2.35. The van der Waals surface area contributed by atoms with Crippen molar-refractivity contribution in [2.45, 2.75) is 13.0 Å². The molecule has 3 heterocycles. The third-order valence-corrected chi connectivity index (χ3v) is 5.02. The van der Waals surface area contributed by atoms with E-state index in [1.165, 1.54) is 11.2 Å². The van der Waals surface area contributed by atoms with Crippen LogP contribution in [0.1, 0.15) is 21.7 Å². The number of amides is 2. The second kappa shape index (κ2) is 6.46. The third kappa shape index (κ3) is 2.60. The number of aromatic nitrogens is 1. The fourth-order valence-electron chi connectivity index (χ4n) is 3.72. The highest BCUT2D eigenvalue weighted by Crippen LogP contribution is 2.34. The molecular weight excluding hydrogens is 352 g/mol. The lowest BCUT2D eigenvalue weighted by molar-refractivity contribution is -0.129. The van der Waals surface area contributed by atoms with Gasteiger partial charge in [0.2, 0.25) is 5.91 Å². The zero-order chi connectivity index (χ0) is 19.1. The SMILES string of the molecule is O=C1Cc2c(-c3ccccc3)nc3ccccc3c2C(=O)N1Cc1ccco1. The Morgan fingerprint density at radius 1 is 0.929 bits per heavy atom. The summed E-state index contributed by atoms with van der Waals surface area (Å²) < 4.78 is 5.34. The van der Waals surface area contributed by atoms with Crippen LogP contribution in [0.2, 0.25) is 0 Å². The molecule has 1 aliphatic heterocycles. The number of hydrogen-bond acceptors (Lipinski definition) is 4. The average molecular weight is 368 g/mol. The number of rotatable bonds is 3. The van der Waals surface area contributed by atoms with Crippen molar-refractivity contribution >= 4 is 22.7 Å². The zero-order valence-electron chi connectivity index (χ0n) is 15.0. The number of carbonyl (C=O) groups excluding carboxylic acids is 2. The Bertz CT molecular complexity index is 1200. The highest BCUT2D eigenvalue weighted by molar-refractivity contribution is 6.17. The van der Waals surface area contributed by atoms with Crippen LogP contribution in [0.4, 0.5) is 0 Å². The highest BCUT2D eigenvalue weighted by atomic mass is 16.3. The normalized spacial score (nSPS) is 13.8. The molecule has 5 nitrogen and oxygen atoms in total. The van der Waals surface area contributed by atoms with Crippen LogP contribution in [0.25, 0.3) is 22.2 Å². The van der Waals surface area contributed by atoms with E-state index in [1.54, 1.807) is 12.1 Å². The molecule has 0 fully saturated rings. The molecule has 0 saturated heterocycles. The number of furan rings is 1. The smallest absolute Gasteiger partial charge is 0.261 e. The molecule has 2 aromatic carbocycles. The third-order valence-electron chi connectivity index (χ3n) is 5.02. The van der Waals surface area contributed by atoms with Crippen molar-refractivity contribution < 1.29 is 14.0 Å². The first kappa shape index (κ1) is 16.4. The van der Waals surface area contributed by atoms with E-state index in [2.05, 4.69) is 0 Å². The van der Waals surface area contributed by atoms with Crippen LogP contribution < -0.4 is 0 Å². The number of para-hydroxylation sites is 1. The van der Waals surface area contributed by atoms with Gasteiger partial charge in [-0.3, -0.25) is 14.5 Å². The molecule has 0 bridgehead atoms. The minimum Gasteiger partial charge on any atom is -0.467 e. The van der Waals surface area contributed by atoms with Gasteiger partial charge < -0.3 is 4.42 Å². The number of imide groups is 1. The molecule has 0 atom stereocenters. The summed E-state index contributed by atoms with van der Waals surface area (Å²) in [6.07, 6.45) is 1.67. The lowest BCUT2D eigenvalue weighted by Crippen LogP contribution is -2.42. The van der Waals surface area contributed by atoms with Crippen LogP contribution in [0, 0.1) is 0 Å². The van der Waals surface area contributed by atoms with Crippen molar-refractivity contribution in [1.29, 1.82) is 0 Å². The molecular formula is C23H16N2O3. The summed E-state index contributed by atoms with van der Waals surface area (Å²) in [5.74, 6) is 0.0217. The number of hydrogen-bond donors (Lipinski definition) is 0. The molecule has 0 N–H and O–H groups in total. The van der Waals surface area contributed by atoms with Gasteiger partial charge in [-0.2, -0.15) is 0 Å². The number of nitrogens with zero attached hydrogens (tertiary/aromatic N) is 2. The number of fused-ring (bicyclic) bond motifs is 3. The standard InChI is InChI=1S/C23H16N2O3/c26-20-13-18-21(23(27)25(20)14-16-9-6-12-28-16)17-10-4-5-11-19(17)24-22(18)15-7-2-1-3-8-15/h1-12H,13-14H2. The molecule has 28 heavy (non-hydrogen) atoms.